The molecule has 13 nitrogen and oxygen atoms in total. The molecule has 52 heavy (non-hydrogen) atoms. The van der Waals surface area contributed by atoms with E-state index in [2.05, 4.69) is 84.2 Å². The second-order valence-corrected chi connectivity index (χ2v) is 16.0. The third-order valence-electron chi connectivity index (χ3n) is 9.15. The van der Waals surface area contributed by atoms with Gasteiger partial charge in [-0.05, 0) is 54.5 Å². The zero-order chi connectivity index (χ0) is 38.3. The van der Waals surface area contributed by atoms with E-state index in [0.29, 0.717) is 53.6 Å². The SMILES string of the molecule is CCCCN(CCCOc1ccc2c(Nc3cc(CC(=O)Nc4cccc(F)c4F)[nH]n3)ncnc2c1)C(COP(=O)(O)O)(C(C)(C)C)C(C)(C)C. The second kappa shape index (κ2) is 16.8. The van der Waals surface area contributed by atoms with Crippen LogP contribution in [0.4, 0.5) is 26.1 Å². The smallest absolute Gasteiger partial charge is 0.469 e. The molecule has 4 rings (SSSR count). The average molecular weight is 746 g/mol. The van der Waals surface area contributed by atoms with Gasteiger partial charge in [0.2, 0.25) is 5.91 Å². The molecule has 2 heterocycles. The van der Waals surface area contributed by atoms with Crippen LogP contribution in [0, 0.1) is 22.5 Å². The molecule has 0 fully saturated rings. The van der Waals surface area contributed by atoms with Crippen LogP contribution in [0.3, 0.4) is 0 Å². The fourth-order valence-electron chi connectivity index (χ4n) is 6.89. The Balaban J connectivity index is 1.41. The normalized spacial score (nSPS) is 12.8. The van der Waals surface area contributed by atoms with E-state index in [1.54, 1.807) is 6.07 Å². The van der Waals surface area contributed by atoms with Gasteiger partial charge in [-0.3, -0.25) is 19.3 Å². The predicted molar refractivity (Wildman–Crippen MR) is 196 cm³/mol. The predicted octanol–water partition coefficient (Wildman–Crippen LogP) is 7.37. The summed E-state index contributed by atoms with van der Waals surface area (Å²) in [5.74, 6) is -1.26. The zero-order valence-electron chi connectivity index (χ0n) is 30.8. The van der Waals surface area contributed by atoms with Gasteiger partial charge in [0.05, 0.1) is 36.4 Å². The summed E-state index contributed by atoms with van der Waals surface area (Å²) in [6.45, 7) is 16.2. The van der Waals surface area contributed by atoms with Crippen LogP contribution in [0.15, 0.2) is 48.8 Å². The van der Waals surface area contributed by atoms with Crippen LogP contribution in [-0.4, -0.2) is 72.6 Å². The highest BCUT2D eigenvalue weighted by atomic mass is 31.2. The minimum Gasteiger partial charge on any atom is -0.493 e. The Kier molecular flexibility index (Phi) is 13.1. The number of nitrogens with one attached hydrogen (secondary N) is 3. The first-order valence-corrected chi connectivity index (χ1v) is 18.8. The lowest BCUT2D eigenvalue weighted by Gasteiger charge is -2.59. The molecule has 5 N–H and O–H groups in total. The Morgan fingerprint density at radius 3 is 2.38 bits per heavy atom. The maximum Gasteiger partial charge on any atom is 0.469 e. The minimum absolute atomic E-state index is 0.123. The highest BCUT2D eigenvalue weighted by Gasteiger charge is 2.55. The van der Waals surface area contributed by atoms with Crippen LogP contribution in [0.25, 0.3) is 10.9 Å². The van der Waals surface area contributed by atoms with Gasteiger partial charge < -0.3 is 25.2 Å². The van der Waals surface area contributed by atoms with E-state index in [0.717, 1.165) is 25.5 Å². The molecule has 0 atom stereocenters. The number of phosphoric acid groups is 1. The molecule has 0 aliphatic heterocycles. The molecule has 2 aromatic carbocycles. The number of anilines is 3. The topological polar surface area (TPSA) is 175 Å². The van der Waals surface area contributed by atoms with E-state index in [9.17, 15) is 27.9 Å². The number of halogens is 2. The van der Waals surface area contributed by atoms with Gasteiger partial charge in [0.15, 0.2) is 17.5 Å². The molecule has 2 aromatic heterocycles. The average Bonchev–Trinajstić information content (AvgIpc) is 3.48. The first-order valence-electron chi connectivity index (χ1n) is 17.2. The number of hydrogen-bond acceptors (Lipinski definition) is 9. The molecular formula is C36H50F2N7O6P. The number of carbonyl (C=O) groups excluding carboxylic acids is 1. The van der Waals surface area contributed by atoms with Gasteiger partial charge in [-0.15, -0.1) is 0 Å². The molecule has 0 unspecified atom stereocenters. The van der Waals surface area contributed by atoms with E-state index in [-0.39, 0.29) is 18.7 Å². The largest absolute Gasteiger partial charge is 0.493 e. The number of ether oxygens (including phenoxy) is 1. The summed E-state index contributed by atoms with van der Waals surface area (Å²) in [5, 5.41) is 13.1. The number of fused-ring (bicyclic) bond motifs is 1. The molecule has 284 valence electrons. The second-order valence-electron chi connectivity index (χ2n) is 14.8. The van der Waals surface area contributed by atoms with E-state index >= 15 is 0 Å². The van der Waals surface area contributed by atoms with Gasteiger partial charge in [0.25, 0.3) is 0 Å². The van der Waals surface area contributed by atoms with E-state index in [1.165, 1.54) is 18.5 Å². The van der Waals surface area contributed by atoms with Crippen molar-refractivity contribution in [3.05, 3.63) is 66.1 Å². The number of H-pyrrole nitrogens is 1. The lowest BCUT2D eigenvalue weighted by molar-refractivity contribution is -0.118. The molecule has 4 aromatic rings. The summed E-state index contributed by atoms with van der Waals surface area (Å²) in [5.41, 5.74) is -0.673. The lowest BCUT2D eigenvalue weighted by atomic mass is 9.59. The number of nitrogens with zero attached hydrogens (tertiary/aromatic N) is 4. The molecular weight excluding hydrogens is 695 g/mol. The maximum atomic E-state index is 13.9. The van der Waals surface area contributed by atoms with Crippen LogP contribution in [0.2, 0.25) is 0 Å². The number of hydrogen-bond donors (Lipinski definition) is 5. The molecule has 16 heteroatoms. The highest BCUT2D eigenvalue weighted by Crippen LogP contribution is 2.51. The Morgan fingerprint density at radius 2 is 1.71 bits per heavy atom. The lowest BCUT2D eigenvalue weighted by Crippen LogP contribution is -2.67. The summed E-state index contributed by atoms with van der Waals surface area (Å²) < 4.78 is 50.7. The number of aromatic amines is 1. The summed E-state index contributed by atoms with van der Waals surface area (Å²) >= 11 is 0. The molecule has 0 spiro atoms. The molecule has 0 aliphatic rings. The molecule has 0 radical (unpaired) electrons. The maximum absolute atomic E-state index is 13.9. The number of benzene rings is 2. The van der Waals surface area contributed by atoms with E-state index < -0.39 is 41.7 Å². The monoisotopic (exact) mass is 745 g/mol. The van der Waals surface area contributed by atoms with Crippen molar-refractivity contribution in [1.82, 2.24) is 25.1 Å². The Morgan fingerprint density at radius 1 is 1.00 bits per heavy atom. The number of unbranched alkanes of at least 4 members (excludes halogenated alkanes) is 1. The van der Waals surface area contributed by atoms with Crippen LogP contribution in [-0.2, 0) is 20.3 Å². The Hall–Kier alpha value is -4.01. The summed E-state index contributed by atoms with van der Waals surface area (Å²) in [7, 11) is -4.71. The number of carbonyl (C=O) groups is 1. The van der Waals surface area contributed by atoms with Gasteiger partial charge in [-0.1, -0.05) is 61.0 Å². The number of rotatable bonds is 17. The highest BCUT2D eigenvalue weighted by molar-refractivity contribution is 7.46. The van der Waals surface area contributed by atoms with Gasteiger partial charge >= 0.3 is 7.82 Å². The van der Waals surface area contributed by atoms with Gasteiger partial charge in [0.1, 0.15) is 17.9 Å². The van der Waals surface area contributed by atoms with Crippen molar-refractivity contribution >= 4 is 42.0 Å². The van der Waals surface area contributed by atoms with Crippen LogP contribution in [0.1, 0.15) is 73.4 Å². The molecule has 0 aliphatic carbocycles. The molecule has 0 saturated heterocycles. The Labute approximate surface area is 303 Å². The first-order chi connectivity index (χ1) is 24.3. The summed E-state index contributed by atoms with van der Waals surface area (Å²) in [6, 6.07) is 10.6. The van der Waals surface area contributed by atoms with Gasteiger partial charge in [-0.25, -0.2) is 23.3 Å². The van der Waals surface area contributed by atoms with Crippen molar-refractivity contribution in [2.75, 3.05) is 36.9 Å². The van der Waals surface area contributed by atoms with Crippen molar-refractivity contribution in [3.8, 4) is 5.75 Å². The third kappa shape index (κ3) is 10.1. The van der Waals surface area contributed by atoms with Crippen molar-refractivity contribution in [2.24, 2.45) is 10.8 Å². The Bertz CT molecular complexity index is 1860. The fraction of sp³-hybridized carbons (Fsp3) is 0.500. The quantitative estimate of drug-likeness (QED) is 0.0539. The third-order valence-corrected chi connectivity index (χ3v) is 9.61. The van der Waals surface area contributed by atoms with Crippen molar-refractivity contribution in [1.29, 1.82) is 0 Å². The van der Waals surface area contributed by atoms with Crippen LogP contribution >= 0.6 is 7.82 Å². The zero-order valence-corrected chi connectivity index (χ0v) is 31.7. The standard InChI is InChI=1S/C36H50F2N7O6P/c1-8-9-16-45(36(34(2,3)4,35(5,6)7)22-51-52(47,48)49)17-11-18-50-25-14-15-26-29(21-25)39-23-40-33(26)42-30-19-24(43-44-30)20-31(46)41-28-13-10-12-27(37)32(28)38/h10,12-15,19,21,23H,8-9,11,16-18,20,22H2,1-7H3,(H,41,46)(H2,47,48,49)(H2,39,40,42,43,44). The molecule has 1 amide bonds. The fourth-order valence-corrected chi connectivity index (χ4v) is 7.25. The number of amides is 1. The van der Waals surface area contributed by atoms with Crippen LogP contribution < -0.4 is 15.4 Å². The number of phosphoric ester groups is 1. The van der Waals surface area contributed by atoms with Crippen molar-refractivity contribution < 1.29 is 37.2 Å². The summed E-state index contributed by atoms with van der Waals surface area (Å²) in [6.07, 6.45) is 3.79. The summed E-state index contributed by atoms with van der Waals surface area (Å²) in [4.78, 5) is 42.8. The van der Waals surface area contributed by atoms with Crippen molar-refractivity contribution in [2.45, 2.75) is 79.7 Å². The van der Waals surface area contributed by atoms with Crippen molar-refractivity contribution in [3.63, 3.8) is 0 Å². The minimum atomic E-state index is -4.71. The molecule has 0 saturated carbocycles. The van der Waals surface area contributed by atoms with E-state index in [1.807, 2.05) is 18.2 Å². The molecule has 0 bridgehead atoms. The van der Waals surface area contributed by atoms with Crippen LogP contribution in [0.5, 0.6) is 5.75 Å². The first kappa shape index (κ1) is 40.8. The number of aromatic nitrogens is 4. The van der Waals surface area contributed by atoms with E-state index in [4.69, 9.17) is 9.26 Å². The van der Waals surface area contributed by atoms with Gasteiger partial charge in [-0.2, -0.15) is 5.10 Å². The van der Waals surface area contributed by atoms with Gasteiger partial charge in [0, 0.05) is 29.8 Å².